The lowest BCUT2D eigenvalue weighted by atomic mass is 10.1. The van der Waals surface area contributed by atoms with Gasteiger partial charge in [0, 0.05) is 30.0 Å². The minimum atomic E-state index is 0.0284. The van der Waals surface area contributed by atoms with Crippen molar-refractivity contribution in [2.45, 2.75) is 39.4 Å². The molecule has 28 heavy (non-hydrogen) atoms. The van der Waals surface area contributed by atoms with E-state index in [1.807, 2.05) is 35.2 Å². The molecule has 0 bridgehead atoms. The van der Waals surface area contributed by atoms with Crippen molar-refractivity contribution in [3.63, 3.8) is 0 Å². The average molecular weight is 377 g/mol. The maximum absolute atomic E-state index is 13.3. The first kappa shape index (κ1) is 19.7. The van der Waals surface area contributed by atoms with Crippen molar-refractivity contribution in [3.05, 3.63) is 89.7 Å². The first-order chi connectivity index (χ1) is 13.6. The molecule has 0 saturated heterocycles. The molecule has 0 radical (unpaired) electrons. The number of hydrogen-bond donors (Lipinski definition) is 0. The molecule has 0 aliphatic heterocycles. The highest BCUT2D eigenvalue weighted by Gasteiger charge is 2.22. The Labute approximate surface area is 167 Å². The van der Waals surface area contributed by atoms with Gasteiger partial charge in [-0.05, 0) is 49.2 Å². The van der Waals surface area contributed by atoms with Crippen LogP contribution in [-0.2, 0) is 13.1 Å². The second kappa shape index (κ2) is 9.27. The van der Waals surface area contributed by atoms with Gasteiger partial charge in [0.1, 0.15) is 5.75 Å². The molecule has 0 aliphatic rings. The van der Waals surface area contributed by atoms with Gasteiger partial charge in [-0.1, -0.05) is 43.3 Å². The van der Waals surface area contributed by atoms with Gasteiger partial charge in [0.15, 0.2) is 0 Å². The Morgan fingerprint density at radius 1 is 1.07 bits per heavy atom. The fraction of sp³-hybridized carbons (Fsp3) is 0.292. The van der Waals surface area contributed by atoms with Crippen LogP contribution in [0.1, 0.15) is 41.9 Å². The van der Waals surface area contributed by atoms with Crippen LogP contribution < -0.4 is 4.74 Å². The van der Waals surface area contributed by atoms with Gasteiger partial charge >= 0.3 is 0 Å². The van der Waals surface area contributed by atoms with Gasteiger partial charge in [-0.25, -0.2) is 0 Å². The Hall–Kier alpha value is -3.01. The standard InChI is InChI=1S/C24H28N2O2/c1-4-19(2)26(24(27)21-12-8-14-23(16-21)28-3)18-22-13-9-15-25(22)17-20-10-6-5-7-11-20/h5-16,19H,4,17-18H2,1-3H3/t19-/m0/s1. The van der Waals surface area contributed by atoms with E-state index in [1.54, 1.807) is 13.2 Å². The van der Waals surface area contributed by atoms with Gasteiger partial charge in [0.05, 0.1) is 13.7 Å². The van der Waals surface area contributed by atoms with Crippen LogP contribution in [0.25, 0.3) is 0 Å². The Kier molecular flexibility index (Phi) is 6.53. The third kappa shape index (κ3) is 4.63. The number of amides is 1. The molecule has 1 heterocycles. The van der Waals surface area contributed by atoms with E-state index in [-0.39, 0.29) is 11.9 Å². The van der Waals surface area contributed by atoms with E-state index in [1.165, 1.54) is 5.56 Å². The Morgan fingerprint density at radius 2 is 1.86 bits per heavy atom. The molecule has 1 atom stereocenters. The summed E-state index contributed by atoms with van der Waals surface area (Å²) in [5.41, 5.74) is 3.02. The van der Waals surface area contributed by atoms with Gasteiger partial charge in [0.25, 0.3) is 5.91 Å². The molecule has 146 valence electrons. The highest BCUT2D eigenvalue weighted by atomic mass is 16.5. The van der Waals surface area contributed by atoms with E-state index in [0.29, 0.717) is 17.9 Å². The van der Waals surface area contributed by atoms with Crippen molar-refractivity contribution in [1.29, 1.82) is 0 Å². The number of ether oxygens (including phenoxy) is 1. The molecule has 3 rings (SSSR count). The second-order valence-electron chi connectivity index (χ2n) is 7.04. The number of benzene rings is 2. The smallest absolute Gasteiger partial charge is 0.254 e. The number of rotatable bonds is 8. The summed E-state index contributed by atoms with van der Waals surface area (Å²) in [6, 6.07) is 22.0. The average Bonchev–Trinajstić information content (AvgIpc) is 3.18. The molecule has 1 aromatic heterocycles. The van der Waals surface area contributed by atoms with E-state index < -0.39 is 0 Å². The molecule has 0 fully saturated rings. The normalized spacial score (nSPS) is 11.8. The van der Waals surface area contributed by atoms with Crippen LogP contribution in [0.4, 0.5) is 0 Å². The van der Waals surface area contributed by atoms with Gasteiger partial charge in [-0.2, -0.15) is 0 Å². The van der Waals surface area contributed by atoms with Crippen molar-refractivity contribution in [2.24, 2.45) is 0 Å². The lowest BCUT2D eigenvalue weighted by Crippen LogP contribution is -2.38. The van der Waals surface area contributed by atoms with Crippen LogP contribution >= 0.6 is 0 Å². The predicted octanol–water partition coefficient (Wildman–Crippen LogP) is 4.99. The van der Waals surface area contributed by atoms with Crippen LogP contribution in [0, 0.1) is 0 Å². The zero-order valence-electron chi connectivity index (χ0n) is 16.8. The molecule has 4 heteroatoms. The Bertz CT molecular complexity index is 902. The van der Waals surface area contributed by atoms with Crippen molar-refractivity contribution in [3.8, 4) is 5.75 Å². The summed E-state index contributed by atoms with van der Waals surface area (Å²) in [4.78, 5) is 15.2. The number of carbonyl (C=O) groups is 1. The molecule has 1 amide bonds. The van der Waals surface area contributed by atoms with Crippen molar-refractivity contribution in [1.82, 2.24) is 9.47 Å². The number of hydrogen-bond acceptors (Lipinski definition) is 2. The number of aromatic nitrogens is 1. The number of nitrogens with zero attached hydrogens (tertiary/aromatic N) is 2. The monoisotopic (exact) mass is 376 g/mol. The molecule has 0 N–H and O–H groups in total. The van der Waals surface area contributed by atoms with Gasteiger partial charge in [-0.15, -0.1) is 0 Å². The summed E-state index contributed by atoms with van der Waals surface area (Å²) in [6.45, 7) is 5.58. The highest BCUT2D eigenvalue weighted by Crippen LogP contribution is 2.19. The molecule has 0 spiro atoms. The first-order valence-electron chi connectivity index (χ1n) is 9.75. The Balaban J connectivity index is 1.84. The molecule has 3 aromatic rings. The highest BCUT2D eigenvalue weighted by molar-refractivity contribution is 5.94. The fourth-order valence-electron chi connectivity index (χ4n) is 3.27. The van der Waals surface area contributed by atoms with Crippen LogP contribution in [0.5, 0.6) is 5.75 Å². The second-order valence-corrected chi connectivity index (χ2v) is 7.04. The zero-order chi connectivity index (χ0) is 19.9. The maximum Gasteiger partial charge on any atom is 0.254 e. The van der Waals surface area contributed by atoms with Crippen molar-refractivity contribution >= 4 is 5.91 Å². The minimum absolute atomic E-state index is 0.0284. The van der Waals surface area contributed by atoms with E-state index in [9.17, 15) is 4.79 Å². The summed E-state index contributed by atoms with van der Waals surface area (Å²) in [5.74, 6) is 0.725. The Morgan fingerprint density at radius 3 is 2.57 bits per heavy atom. The van der Waals surface area contributed by atoms with Gasteiger partial charge in [0.2, 0.25) is 0 Å². The lowest BCUT2D eigenvalue weighted by molar-refractivity contribution is 0.0666. The van der Waals surface area contributed by atoms with E-state index in [2.05, 4.69) is 54.9 Å². The fourth-order valence-corrected chi connectivity index (χ4v) is 3.27. The van der Waals surface area contributed by atoms with Crippen LogP contribution in [-0.4, -0.2) is 28.5 Å². The topological polar surface area (TPSA) is 34.5 Å². The zero-order valence-corrected chi connectivity index (χ0v) is 16.8. The molecule has 2 aromatic carbocycles. The molecular formula is C24H28N2O2. The van der Waals surface area contributed by atoms with Crippen LogP contribution in [0.15, 0.2) is 72.9 Å². The summed E-state index contributed by atoms with van der Waals surface area (Å²) < 4.78 is 7.50. The first-order valence-corrected chi connectivity index (χ1v) is 9.75. The van der Waals surface area contributed by atoms with E-state index in [0.717, 1.165) is 18.7 Å². The number of methoxy groups -OCH3 is 1. The third-order valence-electron chi connectivity index (χ3n) is 5.15. The predicted molar refractivity (Wildman–Crippen MR) is 113 cm³/mol. The number of carbonyl (C=O) groups excluding carboxylic acids is 1. The van der Waals surface area contributed by atoms with Crippen LogP contribution in [0.3, 0.4) is 0 Å². The maximum atomic E-state index is 13.3. The summed E-state index contributed by atoms with van der Waals surface area (Å²) in [6.07, 6.45) is 2.97. The van der Waals surface area contributed by atoms with Crippen LogP contribution in [0.2, 0.25) is 0 Å². The minimum Gasteiger partial charge on any atom is -0.497 e. The SMILES string of the molecule is CC[C@H](C)N(Cc1cccn1Cc1ccccc1)C(=O)c1cccc(OC)c1. The summed E-state index contributed by atoms with van der Waals surface area (Å²) in [7, 11) is 1.62. The third-order valence-corrected chi connectivity index (χ3v) is 5.15. The molecule has 0 saturated carbocycles. The van der Waals surface area contributed by atoms with Gasteiger partial charge < -0.3 is 14.2 Å². The molecule has 0 unspecified atom stereocenters. The van der Waals surface area contributed by atoms with E-state index >= 15 is 0 Å². The molecule has 0 aliphatic carbocycles. The van der Waals surface area contributed by atoms with Crippen molar-refractivity contribution in [2.75, 3.05) is 7.11 Å². The van der Waals surface area contributed by atoms with Gasteiger partial charge in [-0.3, -0.25) is 4.79 Å². The van der Waals surface area contributed by atoms with E-state index in [4.69, 9.17) is 4.74 Å². The largest absolute Gasteiger partial charge is 0.497 e. The molecular weight excluding hydrogens is 348 g/mol. The summed E-state index contributed by atoms with van der Waals surface area (Å²) in [5, 5.41) is 0. The quantitative estimate of drug-likeness (QED) is 0.555. The van der Waals surface area contributed by atoms with Crippen molar-refractivity contribution < 1.29 is 9.53 Å². The molecule has 4 nitrogen and oxygen atoms in total. The lowest BCUT2D eigenvalue weighted by Gasteiger charge is -2.29. The summed E-state index contributed by atoms with van der Waals surface area (Å²) >= 11 is 0.